The molecule has 1 aliphatic heterocycles. The van der Waals surface area contributed by atoms with Crippen molar-refractivity contribution in [2.45, 2.75) is 34.8 Å². The van der Waals surface area contributed by atoms with E-state index in [4.69, 9.17) is 10.9 Å². The van der Waals surface area contributed by atoms with Crippen molar-refractivity contribution in [3.05, 3.63) is 30.9 Å². The number of nitrogens with zero attached hydrogens (tertiary/aromatic N) is 6. The van der Waals surface area contributed by atoms with Crippen LogP contribution in [-0.2, 0) is 20.0 Å². The SMILES string of the molecule is NCC(O)CNS(=O)(=O)c1ccc(N2CCC(n3ccnc3)CC2)c(-c2nn[nH]n2)c1S(N)(=O)=O. The van der Waals surface area contributed by atoms with E-state index in [2.05, 4.69) is 30.3 Å². The predicted molar refractivity (Wildman–Crippen MR) is 124 cm³/mol. The van der Waals surface area contributed by atoms with Gasteiger partial charge in [0.05, 0.1) is 18.0 Å². The number of nitrogens with one attached hydrogen (secondary N) is 2. The molecular formula is C18H26N10O5S2. The van der Waals surface area contributed by atoms with E-state index >= 15 is 0 Å². The maximum Gasteiger partial charge on any atom is 0.242 e. The van der Waals surface area contributed by atoms with Crippen molar-refractivity contribution in [2.24, 2.45) is 10.9 Å². The summed E-state index contributed by atoms with van der Waals surface area (Å²) in [7, 11) is -9.01. The minimum absolute atomic E-state index is 0.0791. The number of sulfonamides is 2. The highest BCUT2D eigenvalue weighted by Gasteiger charge is 2.34. The lowest BCUT2D eigenvalue weighted by molar-refractivity contribution is 0.186. The third kappa shape index (κ3) is 5.34. The first-order valence-corrected chi connectivity index (χ1v) is 13.7. The number of primary sulfonamides is 1. The monoisotopic (exact) mass is 526 g/mol. The van der Waals surface area contributed by atoms with Gasteiger partial charge in [-0.3, -0.25) is 0 Å². The van der Waals surface area contributed by atoms with Gasteiger partial charge in [0.2, 0.25) is 25.9 Å². The molecule has 35 heavy (non-hydrogen) atoms. The number of hydrogen-bond acceptors (Lipinski definition) is 11. The Hall–Kier alpha value is -2.96. The van der Waals surface area contributed by atoms with Crippen LogP contribution in [0.25, 0.3) is 11.4 Å². The Morgan fingerprint density at radius 1 is 1.23 bits per heavy atom. The second-order valence-electron chi connectivity index (χ2n) is 8.04. The van der Waals surface area contributed by atoms with E-state index in [-0.39, 0.29) is 24.0 Å². The van der Waals surface area contributed by atoms with Crippen molar-refractivity contribution >= 4 is 25.7 Å². The van der Waals surface area contributed by atoms with Gasteiger partial charge in [-0.2, -0.15) is 5.21 Å². The van der Waals surface area contributed by atoms with Crippen molar-refractivity contribution in [3.63, 3.8) is 0 Å². The summed E-state index contributed by atoms with van der Waals surface area (Å²) in [6.07, 6.45) is 5.67. The first-order valence-electron chi connectivity index (χ1n) is 10.7. The summed E-state index contributed by atoms with van der Waals surface area (Å²) >= 11 is 0. The molecule has 2 aromatic heterocycles. The van der Waals surface area contributed by atoms with E-state index in [9.17, 15) is 21.9 Å². The zero-order valence-electron chi connectivity index (χ0n) is 18.5. The van der Waals surface area contributed by atoms with E-state index in [0.717, 1.165) is 18.9 Å². The summed E-state index contributed by atoms with van der Waals surface area (Å²) in [6, 6.07) is 2.88. The third-order valence-corrected chi connectivity index (χ3v) is 8.36. The zero-order valence-corrected chi connectivity index (χ0v) is 20.2. The van der Waals surface area contributed by atoms with Crippen LogP contribution in [0.5, 0.6) is 0 Å². The van der Waals surface area contributed by atoms with Crippen LogP contribution in [0, 0.1) is 0 Å². The van der Waals surface area contributed by atoms with Gasteiger partial charge in [-0.05, 0) is 30.2 Å². The van der Waals surface area contributed by atoms with E-state index in [1.54, 1.807) is 12.5 Å². The maximum absolute atomic E-state index is 13.0. The Bertz CT molecular complexity index is 1350. The highest BCUT2D eigenvalue weighted by atomic mass is 32.2. The zero-order chi connectivity index (χ0) is 25.2. The van der Waals surface area contributed by atoms with Crippen molar-refractivity contribution in [1.82, 2.24) is 34.9 Å². The summed E-state index contributed by atoms with van der Waals surface area (Å²) in [5.74, 6) is -0.125. The molecule has 0 spiro atoms. The molecule has 1 aromatic carbocycles. The molecule has 17 heteroatoms. The molecule has 3 heterocycles. The van der Waals surface area contributed by atoms with E-state index in [0.29, 0.717) is 18.8 Å². The van der Waals surface area contributed by atoms with E-state index < -0.39 is 42.5 Å². The van der Waals surface area contributed by atoms with Gasteiger partial charge in [-0.1, -0.05) is 0 Å². The third-order valence-electron chi connectivity index (χ3n) is 5.78. The Morgan fingerprint density at radius 3 is 2.54 bits per heavy atom. The number of aromatic amines is 1. The average Bonchev–Trinajstić information content (AvgIpc) is 3.56. The Morgan fingerprint density at radius 2 is 1.97 bits per heavy atom. The molecule has 7 N–H and O–H groups in total. The van der Waals surface area contributed by atoms with Crippen LogP contribution in [0.1, 0.15) is 18.9 Å². The normalized spacial score (nSPS) is 16.5. The van der Waals surface area contributed by atoms with Gasteiger partial charge in [0, 0.05) is 50.3 Å². The molecule has 15 nitrogen and oxygen atoms in total. The molecule has 1 atom stereocenters. The highest BCUT2D eigenvalue weighted by molar-refractivity contribution is 7.92. The van der Waals surface area contributed by atoms with E-state index in [1.165, 1.54) is 6.07 Å². The molecule has 3 aromatic rings. The molecule has 190 valence electrons. The van der Waals surface area contributed by atoms with Crippen LogP contribution in [0.15, 0.2) is 40.6 Å². The topological polar surface area (TPSA) is 228 Å². The van der Waals surface area contributed by atoms with Gasteiger partial charge < -0.3 is 20.3 Å². The van der Waals surface area contributed by atoms with Crippen molar-refractivity contribution < 1.29 is 21.9 Å². The van der Waals surface area contributed by atoms with E-state index in [1.807, 2.05) is 15.7 Å². The van der Waals surface area contributed by atoms with Crippen LogP contribution in [0.3, 0.4) is 0 Å². The standard InChI is InChI=1S/C18H26N10O5S2/c19-9-13(29)10-22-35(32,33)15-2-1-14(16(17(15)34(20,30)31)18-23-25-26-24-18)27-6-3-12(4-7-27)28-8-5-21-11-28/h1-2,5,8,11-13,22,29H,3-4,6-7,9-10,19H2,(H2,20,30,31)(H,23,24,25,26). The van der Waals surface area contributed by atoms with Crippen LogP contribution >= 0.6 is 0 Å². The fraction of sp³-hybridized carbons (Fsp3) is 0.444. The fourth-order valence-electron chi connectivity index (χ4n) is 4.05. The number of benzene rings is 1. The van der Waals surface area contributed by atoms with Gasteiger partial charge in [0.1, 0.15) is 9.79 Å². The van der Waals surface area contributed by atoms with Crippen LogP contribution in [-0.4, -0.2) is 84.4 Å². The van der Waals surface area contributed by atoms with Crippen LogP contribution in [0.2, 0.25) is 0 Å². The number of H-pyrrole nitrogens is 1. The average molecular weight is 527 g/mol. The first-order chi connectivity index (χ1) is 16.6. The summed E-state index contributed by atoms with van der Waals surface area (Å²) < 4.78 is 55.8. The van der Waals surface area contributed by atoms with Crippen molar-refractivity contribution in [2.75, 3.05) is 31.1 Å². The Balaban J connectivity index is 1.79. The number of nitrogens with two attached hydrogens (primary N) is 2. The highest BCUT2D eigenvalue weighted by Crippen LogP contribution is 2.39. The molecule has 1 saturated heterocycles. The summed E-state index contributed by atoms with van der Waals surface area (Å²) in [5.41, 5.74) is 5.66. The molecule has 0 radical (unpaired) electrons. The molecule has 1 fully saturated rings. The quantitative estimate of drug-likeness (QED) is 0.208. The number of aliphatic hydroxyl groups excluding tert-OH is 1. The number of aromatic nitrogens is 6. The molecule has 0 bridgehead atoms. The first kappa shape index (κ1) is 25.1. The van der Waals surface area contributed by atoms with Crippen LogP contribution in [0.4, 0.5) is 5.69 Å². The number of rotatable bonds is 9. The van der Waals surface area contributed by atoms with Crippen LogP contribution < -0.4 is 20.5 Å². The van der Waals surface area contributed by atoms with Gasteiger partial charge in [0.25, 0.3) is 0 Å². The molecule has 0 saturated carbocycles. The largest absolute Gasteiger partial charge is 0.390 e. The summed E-state index contributed by atoms with van der Waals surface area (Å²) in [5, 5.41) is 28.8. The van der Waals surface area contributed by atoms with Crippen molar-refractivity contribution in [3.8, 4) is 11.4 Å². The lowest BCUT2D eigenvalue weighted by atomic mass is 10.0. The fourth-order valence-corrected chi connectivity index (χ4v) is 6.72. The number of hydrogen-bond donors (Lipinski definition) is 5. The number of piperidine rings is 1. The Kier molecular flexibility index (Phi) is 7.15. The predicted octanol–water partition coefficient (Wildman–Crippen LogP) is -1.85. The molecule has 0 amide bonds. The number of aliphatic hydroxyl groups is 1. The molecule has 1 unspecified atom stereocenters. The summed E-state index contributed by atoms with van der Waals surface area (Å²) in [4.78, 5) is 4.75. The Labute approximate surface area is 201 Å². The lowest BCUT2D eigenvalue weighted by Crippen LogP contribution is -2.37. The summed E-state index contributed by atoms with van der Waals surface area (Å²) in [6.45, 7) is 0.492. The lowest BCUT2D eigenvalue weighted by Gasteiger charge is -2.35. The smallest absolute Gasteiger partial charge is 0.242 e. The minimum Gasteiger partial charge on any atom is -0.390 e. The van der Waals surface area contributed by atoms with Gasteiger partial charge >= 0.3 is 0 Å². The maximum atomic E-state index is 13.0. The van der Waals surface area contributed by atoms with Gasteiger partial charge in [0.15, 0.2) is 0 Å². The second-order valence-corrected chi connectivity index (χ2v) is 11.3. The molecular weight excluding hydrogens is 500 g/mol. The molecule has 0 aliphatic carbocycles. The number of tetrazole rings is 1. The second kappa shape index (κ2) is 9.96. The van der Waals surface area contributed by atoms with Crippen molar-refractivity contribution in [1.29, 1.82) is 0 Å². The number of imidazole rings is 1. The molecule has 1 aliphatic rings. The number of anilines is 1. The molecule has 4 rings (SSSR count). The van der Waals surface area contributed by atoms with Gasteiger partial charge in [-0.25, -0.2) is 31.7 Å². The van der Waals surface area contributed by atoms with Gasteiger partial charge in [-0.15, -0.1) is 10.2 Å². The minimum atomic E-state index is -4.59.